The molecule has 0 bridgehead atoms. The van der Waals surface area contributed by atoms with Crippen molar-refractivity contribution in [2.24, 2.45) is 0 Å². The molecule has 0 amide bonds. The van der Waals surface area contributed by atoms with Gasteiger partial charge in [0, 0.05) is 4.47 Å². The quantitative estimate of drug-likeness (QED) is 0.662. The van der Waals surface area contributed by atoms with E-state index < -0.39 is 0 Å². The summed E-state index contributed by atoms with van der Waals surface area (Å²) in [4.78, 5) is 0. The van der Waals surface area contributed by atoms with Gasteiger partial charge >= 0.3 is 29.6 Å². The number of nitriles is 1. The zero-order valence-electron chi connectivity index (χ0n) is 5.34. The summed E-state index contributed by atoms with van der Waals surface area (Å²) in [6, 6.07) is 9.84. The van der Waals surface area contributed by atoms with Crippen LogP contribution in [0.15, 0.2) is 28.7 Å². The number of hydrogen-bond acceptors (Lipinski definition) is 1. The molecule has 0 heterocycles. The molecule has 1 rings (SSSR count). The Morgan fingerprint density at radius 2 is 1.82 bits per heavy atom. The van der Waals surface area contributed by atoms with Crippen molar-refractivity contribution in [3.8, 4) is 6.07 Å². The molecule has 0 atom stereocenters. The molecule has 0 spiro atoms. The molecular formula is C8H7BrNNa. The molecule has 0 N–H and O–H groups in total. The van der Waals surface area contributed by atoms with E-state index in [1.807, 2.05) is 24.3 Å². The summed E-state index contributed by atoms with van der Waals surface area (Å²) in [5.74, 6) is 0. The van der Waals surface area contributed by atoms with Crippen molar-refractivity contribution in [1.82, 2.24) is 0 Å². The zero-order chi connectivity index (χ0) is 7.40. The fourth-order valence-electron chi connectivity index (χ4n) is 0.694. The number of benzene rings is 1. The maximum atomic E-state index is 8.33. The Labute approximate surface area is 96.8 Å². The molecule has 0 radical (unpaired) electrons. The first kappa shape index (κ1) is 11.2. The Hall–Kier alpha value is 0.190. The summed E-state index contributed by atoms with van der Waals surface area (Å²) in [7, 11) is 0. The first-order valence-corrected chi connectivity index (χ1v) is 3.73. The number of rotatable bonds is 1. The van der Waals surface area contributed by atoms with Crippen LogP contribution in [0.25, 0.3) is 0 Å². The molecule has 0 fully saturated rings. The molecule has 1 aromatic carbocycles. The van der Waals surface area contributed by atoms with Gasteiger partial charge in [-0.05, 0) is 17.7 Å². The van der Waals surface area contributed by atoms with E-state index in [9.17, 15) is 0 Å². The van der Waals surface area contributed by atoms with Crippen LogP contribution in [0, 0.1) is 11.3 Å². The molecule has 3 heteroatoms. The van der Waals surface area contributed by atoms with E-state index in [4.69, 9.17) is 5.26 Å². The molecule has 0 aliphatic rings. The van der Waals surface area contributed by atoms with Crippen LogP contribution < -0.4 is 0 Å². The molecule has 52 valence electrons. The van der Waals surface area contributed by atoms with Gasteiger partial charge in [-0.1, -0.05) is 28.1 Å². The average molecular weight is 220 g/mol. The Kier molecular flexibility index (Phi) is 5.89. The molecule has 0 unspecified atom stereocenters. The molecule has 0 aliphatic carbocycles. The van der Waals surface area contributed by atoms with Crippen LogP contribution in [0.2, 0.25) is 0 Å². The Balaban J connectivity index is 0.000001000. The van der Waals surface area contributed by atoms with Gasteiger partial charge in [0.05, 0.1) is 12.5 Å². The van der Waals surface area contributed by atoms with E-state index >= 15 is 0 Å². The second-order valence-electron chi connectivity index (χ2n) is 1.96. The average Bonchev–Trinajstić information content (AvgIpc) is 1.95. The third-order valence-electron chi connectivity index (χ3n) is 1.20. The molecule has 11 heavy (non-hydrogen) atoms. The minimum atomic E-state index is 0. The molecule has 0 saturated carbocycles. The Morgan fingerprint density at radius 1 is 1.27 bits per heavy atom. The number of halogens is 1. The van der Waals surface area contributed by atoms with Gasteiger partial charge in [0.1, 0.15) is 0 Å². The maximum absolute atomic E-state index is 8.33. The number of hydrogen-bond donors (Lipinski definition) is 0. The van der Waals surface area contributed by atoms with Gasteiger partial charge in [-0.25, -0.2) is 0 Å². The van der Waals surface area contributed by atoms with Crippen molar-refractivity contribution in [2.75, 3.05) is 0 Å². The fourth-order valence-corrected chi connectivity index (χ4v) is 0.958. The van der Waals surface area contributed by atoms with Gasteiger partial charge < -0.3 is 0 Å². The summed E-state index contributed by atoms with van der Waals surface area (Å²) in [6.07, 6.45) is 0.493. The molecule has 0 aliphatic heterocycles. The summed E-state index contributed by atoms with van der Waals surface area (Å²) < 4.78 is 1.05. The third kappa shape index (κ3) is 3.93. The summed E-state index contributed by atoms with van der Waals surface area (Å²) in [6.45, 7) is 0. The topological polar surface area (TPSA) is 23.8 Å². The van der Waals surface area contributed by atoms with Crippen LogP contribution in [0.1, 0.15) is 5.56 Å². The molecular weight excluding hydrogens is 213 g/mol. The Morgan fingerprint density at radius 3 is 2.27 bits per heavy atom. The predicted molar refractivity (Wildman–Crippen MR) is 50.6 cm³/mol. The van der Waals surface area contributed by atoms with E-state index in [2.05, 4.69) is 22.0 Å². The standard InChI is InChI=1S/C8H6BrN.Na.H/c9-8-3-1-7(2-4-8)5-6-10;;/h1-4H,5H2;;. The fraction of sp³-hybridized carbons (Fsp3) is 0.125. The van der Waals surface area contributed by atoms with Crippen molar-refractivity contribution in [3.63, 3.8) is 0 Å². The van der Waals surface area contributed by atoms with Crippen molar-refractivity contribution in [1.29, 1.82) is 5.26 Å². The van der Waals surface area contributed by atoms with Crippen LogP contribution in [0.3, 0.4) is 0 Å². The third-order valence-corrected chi connectivity index (χ3v) is 1.73. The summed E-state index contributed by atoms with van der Waals surface area (Å²) in [5, 5.41) is 8.33. The van der Waals surface area contributed by atoms with Gasteiger partial charge in [0.15, 0.2) is 0 Å². The Bertz CT molecular complexity index is 250. The van der Waals surface area contributed by atoms with Gasteiger partial charge in [0.25, 0.3) is 0 Å². The zero-order valence-corrected chi connectivity index (χ0v) is 6.93. The second-order valence-corrected chi connectivity index (χ2v) is 2.88. The monoisotopic (exact) mass is 219 g/mol. The van der Waals surface area contributed by atoms with Crippen LogP contribution in [-0.2, 0) is 6.42 Å². The molecule has 1 aromatic rings. The first-order chi connectivity index (χ1) is 4.83. The summed E-state index contributed by atoms with van der Waals surface area (Å²) >= 11 is 3.31. The second kappa shape index (κ2) is 5.79. The van der Waals surface area contributed by atoms with E-state index in [1.165, 1.54) is 0 Å². The van der Waals surface area contributed by atoms with Crippen LogP contribution >= 0.6 is 15.9 Å². The number of nitrogens with zero attached hydrogens (tertiary/aromatic N) is 1. The predicted octanol–water partition coefficient (Wildman–Crippen LogP) is 1.87. The molecule has 0 saturated heterocycles. The van der Waals surface area contributed by atoms with Crippen molar-refractivity contribution >= 4 is 45.5 Å². The first-order valence-electron chi connectivity index (χ1n) is 2.94. The van der Waals surface area contributed by atoms with Crippen molar-refractivity contribution in [2.45, 2.75) is 6.42 Å². The van der Waals surface area contributed by atoms with Gasteiger partial charge in [-0.2, -0.15) is 5.26 Å². The van der Waals surface area contributed by atoms with E-state index in [-0.39, 0.29) is 29.6 Å². The minimum absolute atomic E-state index is 0. The molecule has 0 aromatic heterocycles. The van der Waals surface area contributed by atoms with Gasteiger partial charge in [-0.15, -0.1) is 0 Å². The molecule has 1 nitrogen and oxygen atoms in total. The van der Waals surface area contributed by atoms with E-state index in [1.54, 1.807) is 0 Å². The normalized spacial score (nSPS) is 8.00. The van der Waals surface area contributed by atoms with Crippen molar-refractivity contribution < 1.29 is 0 Å². The van der Waals surface area contributed by atoms with Crippen LogP contribution in [-0.4, -0.2) is 29.6 Å². The van der Waals surface area contributed by atoms with Gasteiger partial charge in [0.2, 0.25) is 0 Å². The van der Waals surface area contributed by atoms with E-state index in [0.29, 0.717) is 6.42 Å². The van der Waals surface area contributed by atoms with E-state index in [0.717, 1.165) is 10.0 Å². The van der Waals surface area contributed by atoms with Gasteiger partial charge in [-0.3, -0.25) is 0 Å². The summed E-state index contributed by atoms with van der Waals surface area (Å²) in [5.41, 5.74) is 1.06. The van der Waals surface area contributed by atoms with Crippen LogP contribution in [0.4, 0.5) is 0 Å². The van der Waals surface area contributed by atoms with Crippen molar-refractivity contribution in [3.05, 3.63) is 34.3 Å². The van der Waals surface area contributed by atoms with Crippen LogP contribution in [0.5, 0.6) is 0 Å². The SMILES string of the molecule is N#CCc1ccc(Br)cc1.[NaH].